The number of hydrogen-bond acceptors (Lipinski definition) is 5. The molecular weight excluding hydrogens is 851 g/mol. The van der Waals surface area contributed by atoms with Crippen LogP contribution in [0.1, 0.15) is 303 Å². The van der Waals surface area contributed by atoms with Crippen molar-refractivity contribution in [1.82, 2.24) is 5.32 Å². The van der Waals surface area contributed by atoms with Gasteiger partial charge in [0.15, 0.2) is 0 Å². The lowest BCUT2D eigenvalue weighted by atomic mass is 10.0. The number of carbonyl (C=O) groups is 2. The Kier molecular flexibility index (Phi) is 56.1. The van der Waals surface area contributed by atoms with Gasteiger partial charge in [0, 0.05) is 12.8 Å². The fraction of sp³-hybridized carbons (Fsp3) is 0.810. The number of hydrogen-bond donors (Lipinski definition) is 3. The van der Waals surface area contributed by atoms with Gasteiger partial charge in [-0.05, 0) is 83.5 Å². The first-order chi connectivity index (χ1) is 34.0. The third-order valence-corrected chi connectivity index (χ3v) is 13.5. The fourth-order valence-corrected chi connectivity index (χ4v) is 8.89. The minimum absolute atomic E-state index is 0.0265. The number of nitrogens with one attached hydrogen (secondary N) is 1. The molecule has 0 heterocycles. The number of amides is 1. The van der Waals surface area contributed by atoms with Gasteiger partial charge in [0.1, 0.15) is 0 Å². The van der Waals surface area contributed by atoms with Crippen LogP contribution in [0.5, 0.6) is 0 Å². The number of allylic oxidation sites excluding steroid dienone is 9. The van der Waals surface area contributed by atoms with E-state index in [2.05, 4.69) is 61.7 Å². The molecule has 0 aromatic rings. The predicted molar refractivity (Wildman–Crippen MR) is 301 cm³/mol. The van der Waals surface area contributed by atoms with Gasteiger partial charge in [-0.2, -0.15) is 0 Å². The van der Waals surface area contributed by atoms with E-state index >= 15 is 0 Å². The summed E-state index contributed by atoms with van der Waals surface area (Å²) >= 11 is 0. The van der Waals surface area contributed by atoms with Crippen LogP contribution in [0, 0.1) is 0 Å². The zero-order valence-electron chi connectivity index (χ0n) is 45.8. The monoisotopic (exact) mass is 966 g/mol. The standard InChI is InChI=1S/C63H115NO5/c1-3-5-7-9-11-13-15-17-19-21-22-23-24-25-27-28-31-35-39-43-47-51-55-61(66)60(59-65)64-62(67)56-52-48-44-40-36-32-30-34-38-42-46-50-54-58-69-63(68)57-53-49-45-41-37-33-29-26-20-18-16-14-12-10-8-6-4-2/h12,14,18,20,32,36,44,48,51,55,60-61,65-66H,3-11,13,15-17,19,21-31,33-35,37-43,45-47,49-50,52-54,56-59H2,1-2H3,(H,64,67)/b14-12-,20-18-,36-32-,48-44-,55-51+. The Bertz CT molecular complexity index is 1210. The Balaban J connectivity index is 3.57. The molecule has 0 rings (SSSR count). The number of carbonyl (C=O) groups excluding carboxylic acids is 2. The Labute approximate surface area is 428 Å². The molecule has 3 N–H and O–H groups in total. The van der Waals surface area contributed by atoms with E-state index in [1.807, 2.05) is 12.2 Å². The molecule has 0 aromatic carbocycles. The van der Waals surface area contributed by atoms with Crippen LogP contribution >= 0.6 is 0 Å². The van der Waals surface area contributed by atoms with Gasteiger partial charge in [0.05, 0.1) is 25.4 Å². The lowest BCUT2D eigenvalue weighted by molar-refractivity contribution is -0.143. The fourth-order valence-electron chi connectivity index (χ4n) is 8.89. The molecule has 0 aliphatic carbocycles. The number of esters is 1. The minimum Gasteiger partial charge on any atom is -0.466 e. The van der Waals surface area contributed by atoms with Crippen molar-refractivity contribution in [2.24, 2.45) is 0 Å². The molecule has 6 heteroatoms. The molecule has 0 aliphatic rings. The van der Waals surface area contributed by atoms with Gasteiger partial charge in [-0.25, -0.2) is 0 Å². The van der Waals surface area contributed by atoms with Crippen LogP contribution in [0.2, 0.25) is 0 Å². The summed E-state index contributed by atoms with van der Waals surface area (Å²) in [4.78, 5) is 24.5. The zero-order chi connectivity index (χ0) is 50.0. The highest BCUT2D eigenvalue weighted by molar-refractivity contribution is 5.76. The minimum atomic E-state index is -0.882. The molecule has 0 spiro atoms. The third kappa shape index (κ3) is 54.7. The van der Waals surface area contributed by atoms with Gasteiger partial charge >= 0.3 is 5.97 Å². The summed E-state index contributed by atoms with van der Waals surface area (Å²) in [7, 11) is 0. The number of aliphatic hydroxyl groups excluding tert-OH is 2. The molecule has 0 saturated carbocycles. The molecule has 0 saturated heterocycles. The molecule has 2 unspecified atom stereocenters. The molecule has 1 amide bonds. The van der Waals surface area contributed by atoms with Crippen LogP contribution in [-0.4, -0.2) is 47.4 Å². The highest BCUT2D eigenvalue weighted by Gasteiger charge is 2.17. The summed E-state index contributed by atoms with van der Waals surface area (Å²) in [5.74, 6) is -0.174. The maximum Gasteiger partial charge on any atom is 0.305 e. The predicted octanol–water partition coefficient (Wildman–Crippen LogP) is 18.7. The van der Waals surface area contributed by atoms with Crippen molar-refractivity contribution in [3.63, 3.8) is 0 Å². The largest absolute Gasteiger partial charge is 0.466 e. The molecule has 2 atom stereocenters. The second-order valence-corrected chi connectivity index (χ2v) is 20.3. The topological polar surface area (TPSA) is 95.9 Å². The van der Waals surface area contributed by atoms with Crippen LogP contribution in [0.3, 0.4) is 0 Å². The average molecular weight is 967 g/mol. The smallest absolute Gasteiger partial charge is 0.305 e. The van der Waals surface area contributed by atoms with Crippen LogP contribution in [-0.2, 0) is 14.3 Å². The molecule has 0 aliphatic heterocycles. The molecular formula is C63H115NO5. The molecule has 0 bridgehead atoms. The third-order valence-electron chi connectivity index (χ3n) is 13.5. The SMILES string of the molecule is CCCCC/C=C\C/C=C\CCCCCCCCCC(=O)OCCCCCCCC/C=C\C/C=C\CCC(=O)NC(CO)C(O)/C=C/CCCCCCCCCCCCCCCCCCCCCC. The maximum atomic E-state index is 12.4. The van der Waals surface area contributed by atoms with E-state index in [-0.39, 0.29) is 18.5 Å². The van der Waals surface area contributed by atoms with Crippen molar-refractivity contribution < 1.29 is 24.5 Å². The molecule has 402 valence electrons. The van der Waals surface area contributed by atoms with E-state index in [4.69, 9.17) is 4.74 Å². The van der Waals surface area contributed by atoms with Gasteiger partial charge in [0.2, 0.25) is 5.91 Å². The van der Waals surface area contributed by atoms with Gasteiger partial charge in [-0.3, -0.25) is 9.59 Å². The normalized spacial score (nSPS) is 13.0. The number of rotatable bonds is 55. The van der Waals surface area contributed by atoms with E-state index in [9.17, 15) is 19.8 Å². The van der Waals surface area contributed by atoms with Crippen LogP contribution in [0.25, 0.3) is 0 Å². The average Bonchev–Trinajstić information content (AvgIpc) is 3.35. The lowest BCUT2D eigenvalue weighted by Gasteiger charge is -2.19. The van der Waals surface area contributed by atoms with Crippen LogP contribution in [0.4, 0.5) is 0 Å². The van der Waals surface area contributed by atoms with Crippen LogP contribution in [0.15, 0.2) is 60.8 Å². The van der Waals surface area contributed by atoms with Crippen molar-refractivity contribution >= 4 is 11.9 Å². The van der Waals surface area contributed by atoms with Gasteiger partial charge in [-0.1, -0.05) is 267 Å². The maximum absolute atomic E-state index is 12.4. The summed E-state index contributed by atoms with van der Waals surface area (Å²) in [5, 5.41) is 23.1. The van der Waals surface area contributed by atoms with Crippen molar-refractivity contribution in [1.29, 1.82) is 0 Å². The first-order valence-corrected chi connectivity index (χ1v) is 30.1. The highest BCUT2D eigenvalue weighted by atomic mass is 16.5. The Morgan fingerprint density at radius 3 is 1.16 bits per heavy atom. The lowest BCUT2D eigenvalue weighted by Crippen LogP contribution is -2.45. The number of ether oxygens (including phenoxy) is 1. The Morgan fingerprint density at radius 1 is 0.406 bits per heavy atom. The first-order valence-electron chi connectivity index (χ1n) is 30.1. The molecule has 0 aromatic heterocycles. The van der Waals surface area contributed by atoms with Crippen molar-refractivity contribution in [3.05, 3.63) is 60.8 Å². The van der Waals surface area contributed by atoms with E-state index < -0.39 is 12.1 Å². The molecule has 0 fully saturated rings. The number of aliphatic hydroxyl groups is 2. The van der Waals surface area contributed by atoms with E-state index in [0.29, 0.717) is 25.9 Å². The van der Waals surface area contributed by atoms with Crippen molar-refractivity contribution in [2.75, 3.05) is 13.2 Å². The van der Waals surface area contributed by atoms with Crippen molar-refractivity contribution in [3.8, 4) is 0 Å². The van der Waals surface area contributed by atoms with Gasteiger partial charge in [0.25, 0.3) is 0 Å². The second kappa shape index (κ2) is 58.1. The molecule has 69 heavy (non-hydrogen) atoms. The summed E-state index contributed by atoms with van der Waals surface area (Å²) in [6.45, 7) is 4.82. The van der Waals surface area contributed by atoms with Crippen molar-refractivity contribution in [2.45, 2.75) is 315 Å². The van der Waals surface area contributed by atoms with E-state index in [1.165, 1.54) is 212 Å². The summed E-state index contributed by atoms with van der Waals surface area (Å²) in [5.41, 5.74) is 0. The quantitative estimate of drug-likeness (QED) is 0.0321. The molecule has 6 nitrogen and oxygen atoms in total. The second-order valence-electron chi connectivity index (χ2n) is 20.3. The number of unbranched alkanes of at least 4 members (excludes halogenated alkanes) is 36. The summed E-state index contributed by atoms with van der Waals surface area (Å²) in [6, 6.07) is -0.675. The van der Waals surface area contributed by atoms with Gasteiger partial charge < -0.3 is 20.3 Å². The van der Waals surface area contributed by atoms with Gasteiger partial charge in [-0.15, -0.1) is 0 Å². The summed E-state index contributed by atoms with van der Waals surface area (Å²) < 4.78 is 5.46. The van der Waals surface area contributed by atoms with E-state index in [0.717, 1.165) is 57.8 Å². The summed E-state index contributed by atoms with van der Waals surface area (Å²) in [6.07, 6.45) is 75.4. The molecule has 0 radical (unpaired) electrons. The van der Waals surface area contributed by atoms with Crippen LogP contribution < -0.4 is 5.32 Å². The first kappa shape index (κ1) is 66.6. The zero-order valence-corrected chi connectivity index (χ0v) is 45.8. The van der Waals surface area contributed by atoms with E-state index in [1.54, 1.807) is 6.08 Å². The Hall–Kier alpha value is -2.44. The Morgan fingerprint density at radius 2 is 0.739 bits per heavy atom. The highest BCUT2D eigenvalue weighted by Crippen LogP contribution is 2.16.